The Morgan fingerprint density at radius 1 is 1.31 bits per heavy atom. The highest BCUT2D eigenvalue weighted by Gasteiger charge is 2.30. The number of hydrogen-bond donors (Lipinski definition) is 0. The summed E-state index contributed by atoms with van der Waals surface area (Å²) in [5.74, 6) is 0. The molecule has 0 saturated heterocycles. The lowest BCUT2D eigenvalue weighted by atomic mass is 10.3. The number of hydrogen-bond acceptors (Lipinski definition) is 1. The molecule has 1 heterocycles. The highest BCUT2D eigenvalue weighted by molar-refractivity contribution is 5.91. The maximum absolute atomic E-state index is 12.1. The molecule has 0 atom stereocenters. The predicted octanol–water partition coefficient (Wildman–Crippen LogP) is 1.01. The Bertz CT molecular complexity index is 462. The van der Waals surface area contributed by atoms with Crippen molar-refractivity contribution < 1.29 is 13.9 Å². The van der Waals surface area contributed by atoms with E-state index in [1.165, 1.54) is 0 Å². The van der Waals surface area contributed by atoms with Gasteiger partial charge in [0, 0.05) is 0 Å². The summed E-state index contributed by atoms with van der Waals surface area (Å²) in [5, 5.41) is 0. The first-order chi connectivity index (χ1) is 7.68. The number of nitrogens with zero attached hydrogens (tertiary/aromatic N) is 3. The summed E-state index contributed by atoms with van der Waals surface area (Å²) in [6.45, 7) is 0.772. The van der Waals surface area contributed by atoms with Crippen molar-refractivity contribution in [3.05, 3.63) is 30.3 Å². The average Bonchev–Trinajstić information content (AvgIpc) is 2.75. The molecule has 1 aromatic rings. The van der Waals surface area contributed by atoms with Crippen LogP contribution in [0.4, 0.5) is 10.5 Å². The minimum absolute atomic E-state index is 0.0458. The molecule has 0 aliphatic carbocycles. The van der Waals surface area contributed by atoms with E-state index in [0.717, 1.165) is 12.2 Å². The van der Waals surface area contributed by atoms with E-state index < -0.39 is 0 Å². The fourth-order valence-electron chi connectivity index (χ4n) is 1.59. The van der Waals surface area contributed by atoms with Gasteiger partial charge >= 0.3 is 12.4 Å². The van der Waals surface area contributed by atoms with E-state index in [-0.39, 0.29) is 6.03 Å². The van der Waals surface area contributed by atoms with Crippen molar-refractivity contribution in [1.29, 1.82) is 0 Å². The van der Waals surface area contributed by atoms with Crippen molar-refractivity contribution in [2.75, 3.05) is 25.5 Å². The molecule has 0 spiro atoms. The van der Waals surface area contributed by atoms with Gasteiger partial charge in [-0.3, -0.25) is 0 Å². The SMILES string of the molecule is CN(C(=O)[N+]1=CC[N+](C)=C1)c1ccccc1. The first-order valence-corrected chi connectivity index (χ1v) is 5.18. The van der Waals surface area contributed by atoms with Crippen LogP contribution in [0, 0.1) is 0 Å². The van der Waals surface area contributed by atoms with E-state index in [1.807, 2.05) is 48.2 Å². The zero-order valence-corrected chi connectivity index (χ0v) is 9.50. The maximum Gasteiger partial charge on any atom is 0.564 e. The molecule has 82 valence electrons. The van der Waals surface area contributed by atoms with Gasteiger partial charge in [0.2, 0.25) is 0 Å². The van der Waals surface area contributed by atoms with Crippen LogP contribution < -0.4 is 4.90 Å². The van der Waals surface area contributed by atoms with Crippen molar-refractivity contribution in [3.63, 3.8) is 0 Å². The van der Waals surface area contributed by atoms with Gasteiger partial charge < -0.3 is 0 Å². The molecule has 0 N–H and O–H groups in total. The molecule has 4 heteroatoms. The number of carbonyl (C=O) groups excluding carboxylic acids is 1. The van der Waals surface area contributed by atoms with E-state index in [1.54, 1.807) is 22.9 Å². The van der Waals surface area contributed by atoms with Crippen LogP contribution >= 0.6 is 0 Å². The Morgan fingerprint density at radius 3 is 2.56 bits per heavy atom. The summed E-state index contributed by atoms with van der Waals surface area (Å²) in [6, 6.07) is 9.56. The predicted molar refractivity (Wildman–Crippen MR) is 63.7 cm³/mol. The largest absolute Gasteiger partial charge is 0.564 e. The molecular formula is C12H15N3O+2. The molecule has 0 radical (unpaired) electrons. The molecule has 2 amide bonds. The number of rotatable bonds is 1. The Kier molecular flexibility index (Phi) is 2.81. The van der Waals surface area contributed by atoms with Gasteiger partial charge in [0.15, 0.2) is 18.4 Å². The topological polar surface area (TPSA) is 26.3 Å². The number of anilines is 1. The lowest BCUT2D eigenvalue weighted by Gasteiger charge is -2.04. The first kappa shape index (κ1) is 10.5. The zero-order chi connectivity index (χ0) is 11.5. The zero-order valence-electron chi connectivity index (χ0n) is 9.50. The van der Waals surface area contributed by atoms with E-state index in [0.29, 0.717) is 0 Å². The fourth-order valence-corrected chi connectivity index (χ4v) is 1.59. The lowest BCUT2D eigenvalue weighted by molar-refractivity contribution is -0.493. The van der Waals surface area contributed by atoms with Gasteiger partial charge in [0.25, 0.3) is 0 Å². The molecule has 0 saturated carbocycles. The van der Waals surface area contributed by atoms with Gasteiger partial charge in [-0.05, 0) is 12.1 Å². The number of benzene rings is 1. The van der Waals surface area contributed by atoms with Crippen LogP contribution in [0.1, 0.15) is 0 Å². The monoisotopic (exact) mass is 217 g/mol. The minimum Gasteiger partial charge on any atom is -0.232 e. The summed E-state index contributed by atoms with van der Waals surface area (Å²) in [7, 11) is 3.71. The summed E-state index contributed by atoms with van der Waals surface area (Å²) >= 11 is 0. The summed E-state index contributed by atoms with van der Waals surface area (Å²) in [6.07, 6.45) is 3.66. The second-order valence-electron chi connectivity index (χ2n) is 3.82. The van der Waals surface area contributed by atoms with Crippen LogP contribution in [0.5, 0.6) is 0 Å². The third-order valence-electron chi connectivity index (χ3n) is 2.54. The second-order valence-corrected chi connectivity index (χ2v) is 3.82. The van der Waals surface area contributed by atoms with E-state index >= 15 is 0 Å². The molecule has 2 rings (SSSR count). The minimum atomic E-state index is -0.0458. The van der Waals surface area contributed by atoms with Crippen molar-refractivity contribution >= 4 is 24.3 Å². The highest BCUT2D eigenvalue weighted by Crippen LogP contribution is 2.11. The van der Waals surface area contributed by atoms with Gasteiger partial charge in [-0.15, -0.1) is 0 Å². The maximum atomic E-state index is 12.1. The summed E-state index contributed by atoms with van der Waals surface area (Å²) < 4.78 is 3.56. The van der Waals surface area contributed by atoms with Crippen LogP contribution in [0.15, 0.2) is 30.3 Å². The molecule has 0 bridgehead atoms. The summed E-state index contributed by atoms with van der Waals surface area (Å²) in [5.41, 5.74) is 0.892. The molecule has 1 aliphatic rings. The molecule has 1 aliphatic heterocycles. The van der Waals surface area contributed by atoms with Crippen LogP contribution in [0.3, 0.4) is 0 Å². The molecule has 0 aromatic heterocycles. The smallest absolute Gasteiger partial charge is 0.232 e. The molecule has 0 fully saturated rings. The van der Waals surface area contributed by atoms with E-state index in [9.17, 15) is 4.79 Å². The van der Waals surface area contributed by atoms with Gasteiger partial charge in [0.1, 0.15) is 7.05 Å². The third-order valence-corrected chi connectivity index (χ3v) is 2.54. The van der Waals surface area contributed by atoms with E-state index in [2.05, 4.69) is 0 Å². The molecular weight excluding hydrogens is 202 g/mol. The molecule has 4 nitrogen and oxygen atoms in total. The van der Waals surface area contributed by atoms with Crippen molar-refractivity contribution in [2.45, 2.75) is 0 Å². The average molecular weight is 217 g/mol. The van der Waals surface area contributed by atoms with E-state index in [4.69, 9.17) is 0 Å². The molecule has 0 unspecified atom stereocenters. The Hall–Kier alpha value is -1.97. The second kappa shape index (κ2) is 4.26. The van der Waals surface area contributed by atoms with Gasteiger partial charge in [0.05, 0.1) is 7.05 Å². The van der Waals surface area contributed by atoms with Crippen LogP contribution in [-0.2, 0) is 0 Å². The normalized spacial score (nSPS) is 14.4. The van der Waals surface area contributed by atoms with Gasteiger partial charge in [-0.1, -0.05) is 22.8 Å². The lowest BCUT2D eigenvalue weighted by Crippen LogP contribution is -2.34. The number of para-hydroxylation sites is 1. The van der Waals surface area contributed by atoms with Crippen molar-refractivity contribution in [3.8, 4) is 0 Å². The Labute approximate surface area is 94.7 Å². The highest BCUT2D eigenvalue weighted by atomic mass is 16.2. The van der Waals surface area contributed by atoms with Gasteiger partial charge in [-0.2, -0.15) is 9.69 Å². The fraction of sp³-hybridized carbons (Fsp3) is 0.250. The van der Waals surface area contributed by atoms with Crippen LogP contribution in [0.2, 0.25) is 0 Å². The van der Waals surface area contributed by atoms with Crippen LogP contribution in [0.25, 0.3) is 0 Å². The number of amides is 2. The standard InChI is InChI=1S/C12H15N3O/c1-13-8-9-15(10-13)12(16)14(2)11-6-4-3-5-7-11/h3-7,9-10H,8H2,1-2H3/q+2. The van der Waals surface area contributed by atoms with Gasteiger partial charge in [-0.25, -0.2) is 4.58 Å². The molecule has 16 heavy (non-hydrogen) atoms. The first-order valence-electron chi connectivity index (χ1n) is 5.18. The number of carbonyl (C=O) groups is 1. The number of urea groups is 1. The van der Waals surface area contributed by atoms with Crippen molar-refractivity contribution in [2.24, 2.45) is 0 Å². The quantitative estimate of drug-likeness (QED) is 0.645. The van der Waals surface area contributed by atoms with Crippen LogP contribution in [-0.4, -0.2) is 48.4 Å². The Balaban J connectivity index is 2.18. The third kappa shape index (κ3) is 2.00. The summed E-state index contributed by atoms with van der Waals surface area (Å²) in [4.78, 5) is 13.7. The van der Waals surface area contributed by atoms with Crippen molar-refractivity contribution in [1.82, 2.24) is 0 Å². The Morgan fingerprint density at radius 2 is 2.00 bits per heavy atom. The molecule has 1 aromatic carbocycles.